The van der Waals surface area contributed by atoms with Crippen LogP contribution in [0, 0.1) is 0 Å². The molecule has 0 saturated heterocycles. The summed E-state index contributed by atoms with van der Waals surface area (Å²) in [4.78, 5) is 32.8. The fourth-order valence-corrected chi connectivity index (χ4v) is 5.06. The van der Waals surface area contributed by atoms with E-state index >= 15 is 0 Å². The van der Waals surface area contributed by atoms with Gasteiger partial charge in [0, 0.05) is 29.8 Å². The van der Waals surface area contributed by atoms with Gasteiger partial charge in [-0.3, -0.25) is 14.6 Å². The van der Waals surface area contributed by atoms with Crippen LogP contribution in [0.5, 0.6) is 5.75 Å². The topological polar surface area (TPSA) is 59.0 Å². The third kappa shape index (κ3) is 5.18. The smallest absolute Gasteiger partial charge is 0.253 e. The number of nitrogens with zero attached hydrogens (tertiary/aromatic N) is 2. The first-order valence-electron chi connectivity index (χ1n) is 11.9. The SMILES string of the molecule is COc1ccc2c(c1)C(CC(=O)c1ccc(C(=O)N(C)C3CCCCC3)cc1)=NC(C)(C)C2. The maximum atomic E-state index is 13.1. The number of hydrogen-bond donors (Lipinski definition) is 0. The number of rotatable bonds is 6. The Morgan fingerprint density at radius 3 is 2.36 bits per heavy atom. The number of fused-ring (bicyclic) bond motifs is 1. The number of amides is 1. The minimum absolute atomic E-state index is 0.000135. The van der Waals surface area contributed by atoms with Gasteiger partial charge in [-0.2, -0.15) is 0 Å². The van der Waals surface area contributed by atoms with E-state index < -0.39 is 0 Å². The molecule has 1 amide bonds. The second-order valence-corrected chi connectivity index (χ2v) is 9.96. The summed E-state index contributed by atoms with van der Waals surface area (Å²) in [7, 11) is 3.54. The maximum Gasteiger partial charge on any atom is 0.253 e. The van der Waals surface area contributed by atoms with Crippen LogP contribution >= 0.6 is 0 Å². The zero-order chi connectivity index (χ0) is 23.6. The van der Waals surface area contributed by atoms with E-state index in [1.165, 1.54) is 24.8 Å². The Labute approximate surface area is 196 Å². The van der Waals surface area contributed by atoms with Crippen LogP contribution in [0.15, 0.2) is 47.5 Å². The highest BCUT2D eigenvalue weighted by Gasteiger charge is 2.28. The van der Waals surface area contributed by atoms with Gasteiger partial charge in [-0.25, -0.2) is 0 Å². The number of ketones is 1. The number of carbonyl (C=O) groups excluding carboxylic acids is 2. The number of Topliss-reactive ketones (excluding diaryl/α,β-unsaturated/α-hetero) is 1. The molecule has 5 nitrogen and oxygen atoms in total. The zero-order valence-electron chi connectivity index (χ0n) is 20.2. The molecule has 0 N–H and O–H groups in total. The van der Waals surface area contributed by atoms with Gasteiger partial charge in [0.15, 0.2) is 5.78 Å². The predicted octanol–water partition coefficient (Wildman–Crippen LogP) is 5.50. The molecule has 1 aliphatic carbocycles. The Kier molecular flexibility index (Phi) is 6.68. The third-order valence-corrected chi connectivity index (χ3v) is 6.91. The van der Waals surface area contributed by atoms with Crippen molar-refractivity contribution in [1.82, 2.24) is 4.90 Å². The van der Waals surface area contributed by atoms with Gasteiger partial charge >= 0.3 is 0 Å². The molecule has 2 aromatic carbocycles. The standard InChI is InChI=1S/C28H34N2O3/c1-28(2)18-21-14-15-23(33-4)16-24(21)25(29-28)17-26(31)19-10-12-20(13-11-19)27(32)30(3)22-8-6-5-7-9-22/h10-16,22H,5-9,17-18H2,1-4H3. The monoisotopic (exact) mass is 446 g/mol. The van der Waals surface area contributed by atoms with E-state index in [2.05, 4.69) is 19.9 Å². The van der Waals surface area contributed by atoms with Gasteiger partial charge in [-0.1, -0.05) is 37.5 Å². The lowest BCUT2D eigenvalue weighted by Crippen LogP contribution is -2.38. The molecular weight excluding hydrogens is 412 g/mol. The molecule has 2 aliphatic rings. The highest BCUT2D eigenvalue weighted by atomic mass is 16.5. The molecule has 33 heavy (non-hydrogen) atoms. The van der Waals surface area contributed by atoms with Crippen molar-refractivity contribution in [2.45, 2.75) is 70.4 Å². The van der Waals surface area contributed by atoms with Gasteiger partial charge in [0.05, 0.1) is 24.8 Å². The van der Waals surface area contributed by atoms with Crippen LogP contribution in [0.1, 0.15) is 84.2 Å². The zero-order valence-corrected chi connectivity index (χ0v) is 20.2. The van der Waals surface area contributed by atoms with E-state index in [0.717, 1.165) is 36.3 Å². The van der Waals surface area contributed by atoms with Crippen molar-refractivity contribution >= 4 is 17.4 Å². The highest BCUT2D eigenvalue weighted by molar-refractivity contribution is 6.17. The number of aliphatic imine (C=N–C) groups is 1. The highest BCUT2D eigenvalue weighted by Crippen LogP contribution is 2.31. The van der Waals surface area contributed by atoms with Crippen LogP contribution in [0.2, 0.25) is 0 Å². The fraction of sp³-hybridized carbons (Fsp3) is 0.464. The summed E-state index contributed by atoms with van der Waals surface area (Å²) in [5, 5.41) is 0. The lowest BCUT2D eigenvalue weighted by atomic mass is 9.85. The van der Waals surface area contributed by atoms with E-state index in [1.54, 1.807) is 31.4 Å². The molecule has 1 heterocycles. The van der Waals surface area contributed by atoms with Crippen LogP contribution in [0.4, 0.5) is 0 Å². The second-order valence-electron chi connectivity index (χ2n) is 9.96. The van der Waals surface area contributed by atoms with Gasteiger partial charge in [0.2, 0.25) is 0 Å². The molecule has 0 spiro atoms. The third-order valence-electron chi connectivity index (χ3n) is 6.91. The molecule has 0 aromatic heterocycles. The van der Waals surface area contributed by atoms with E-state index in [1.807, 2.05) is 24.1 Å². The van der Waals surface area contributed by atoms with Crippen molar-refractivity contribution in [3.05, 3.63) is 64.7 Å². The van der Waals surface area contributed by atoms with Crippen molar-refractivity contribution in [2.75, 3.05) is 14.2 Å². The van der Waals surface area contributed by atoms with Crippen molar-refractivity contribution in [2.24, 2.45) is 4.99 Å². The maximum absolute atomic E-state index is 13.1. The van der Waals surface area contributed by atoms with Crippen LogP contribution in [-0.4, -0.2) is 48.0 Å². The molecule has 1 fully saturated rings. The minimum atomic E-state index is -0.253. The number of benzene rings is 2. The van der Waals surface area contributed by atoms with E-state index in [4.69, 9.17) is 9.73 Å². The molecule has 2 aromatic rings. The van der Waals surface area contributed by atoms with Crippen LogP contribution in [0.3, 0.4) is 0 Å². The first-order chi connectivity index (χ1) is 15.8. The van der Waals surface area contributed by atoms with Crippen molar-refractivity contribution in [1.29, 1.82) is 0 Å². The molecule has 5 heteroatoms. The average molecular weight is 447 g/mol. The first-order valence-corrected chi connectivity index (χ1v) is 11.9. The lowest BCUT2D eigenvalue weighted by Gasteiger charge is -2.31. The predicted molar refractivity (Wildman–Crippen MR) is 132 cm³/mol. The number of hydrogen-bond acceptors (Lipinski definition) is 4. The van der Waals surface area contributed by atoms with Crippen molar-refractivity contribution in [3.63, 3.8) is 0 Å². The molecule has 0 unspecified atom stereocenters. The summed E-state index contributed by atoms with van der Waals surface area (Å²) in [5.41, 5.74) is 3.95. The summed E-state index contributed by atoms with van der Waals surface area (Å²) in [6.45, 7) is 4.18. The molecular formula is C28H34N2O3. The first kappa shape index (κ1) is 23.2. The Hall–Kier alpha value is -2.95. The molecule has 1 saturated carbocycles. The minimum Gasteiger partial charge on any atom is -0.497 e. The molecule has 1 aliphatic heterocycles. The summed E-state index contributed by atoms with van der Waals surface area (Å²) in [5.74, 6) is 0.790. The number of methoxy groups -OCH3 is 1. The molecule has 0 bridgehead atoms. The lowest BCUT2D eigenvalue weighted by molar-refractivity contribution is 0.0696. The Balaban J connectivity index is 1.50. The quantitative estimate of drug-likeness (QED) is 0.551. The summed E-state index contributed by atoms with van der Waals surface area (Å²) in [6.07, 6.45) is 6.83. The van der Waals surface area contributed by atoms with Gasteiger partial charge < -0.3 is 9.64 Å². The summed E-state index contributed by atoms with van der Waals surface area (Å²) < 4.78 is 5.39. The normalized spacial score (nSPS) is 17.6. The molecule has 4 rings (SSSR count). The van der Waals surface area contributed by atoms with Gasteiger partial charge in [0.1, 0.15) is 5.75 Å². The number of carbonyl (C=O) groups is 2. The molecule has 174 valence electrons. The van der Waals surface area contributed by atoms with Crippen LogP contribution < -0.4 is 4.74 Å². The van der Waals surface area contributed by atoms with Crippen LogP contribution in [0.25, 0.3) is 0 Å². The molecule has 0 radical (unpaired) electrons. The Morgan fingerprint density at radius 1 is 1.03 bits per heavy atom. The van der Waals surface area contributed by atoms with Crippen molar-refractivity contribution < 1.29 is 14.3 Å². The molecule has 0 atom stereocenters. The Bertz CT molecular complexity index is 1060. The van der Waals surface area contributed by atoms with Gasteiger partial charge in [-0.15, -0.1) is 0 Å². The fourth-order valence-electron chi connectivity index (χ4n) is 5.06. The second kappa shape index (κ2) is 9.50. The summed E-state index contributed by atoms with van der Waals surface area (Å²) in [6, 6.07) is 13.4. The average Bonchev–Trinajstić information content (AvgIpc) is 2.83. The van der Waals surface area contributed by atoms with Gasteiger partial charge in [-0.05, 0) is 62.9 Å². The van der Waals surface area contributed by atoms with E-state index in [0.29, 0.717) is 17.2 Å². The van der Waals surface area contributed by atoms with Crippen molar-refractivity contribution in [3.8, 4) is 5.75 Å². The van der Waals surface area contributed by atoms with Gasteiger partial charge in [0.25, 0.3) is 5.91 Å². The van der Waals surface area contributed by atoms with E-state index in [9.17, 15) is 9.59 Å². The Morgan fingerprint density at radius 2 is 1.70 bits per heavy atom. The largest absolute Gasteiger partial charge is 0.497 e. The van der Waals surface area contributed by atoms with Crippen LogP contribution in [-0.2, 0) is 6.42 Å². The van der Waals surface area contributed by atoms with E-state index in [-0.39, 0.29) is 23.7 Å². The number of ether oxygens (including phenoxy) is 1. The summed E-state index contributed by atoms with van der Waals surface area (Å²) >= 11 is 0.